The number of nitriles is 1. The molecule has 2 heterocycles. The van der Waals surface area contributed by atoms with Crippen LogP contribution in [0, 0.1) is 17.2 Å². The van der Waals surface area contributed by atoms with Gasteiger partial charge >= 0.3 is 0 Å². The summed E-state index contributed by atoms with van der Waals surface area (Å²) < 4.78 is 0. The lowest BCUT2D eigenvalue weighted by Crippen LogP contribution is -3.15. The summed E-state index contributed by atoms with van der Waals surface area (Å²) in [4.78, 5) is 28.1. The normalized spacial score (nSPS) is 20.7. The van der Waals surface area contributed by atoms with Crippen molar-refractivity contribution in [3.8, 4) is 6.07 Å². The molecule has 1 atom stereocenters. The highest BCUT2D eigenvalue weighted by molar-refractivity contribution is 7.16. The summed E-state index contributed by atoms with van der Waals surface area (Å²) in [5.41, 5.74) is 1.81. The fourth-order valence-electron chi connectivity index (χ4n) is 3.67. The topological polar surface area (TPSA) is 77.6 Å². The number of anilines is 1. The summed E-state index contributed by atoms with van der Waals surface area (Å²) in [6, 6.07) is 2.29. The number of nitrogens with zero attached hydrogens (tertiary/aromatic N) is 2. The number of quaternary nitrogens is 1. The molecule has 7 heteroatoms. The minimum atomic E-state index is -0.0468. The lowest BCUT2D eigenvalue weighted by atomic mass is 9.89. The van der Waals surface area contributed by atoms with Crippen LogP contribution < -0.4 is 10.2 Å². The molecule has 0 radical (unpaired) electrons. The Morgan fingerprint density at radius 2 is 2.12 bits per heavy atom. The van der Waals surface area contributed by atoms with Gasteiger partial charge in [-0.25, -0.2) is 0 Å². The van der Waals surface area contributed by atoms with Crippen molar-refractivity contribution in [1.29, 1.82) is 5.26 Å². The molecule has 1 aromatic heterocycles. The molecule has 1 aromatic rings. The zero-order chi connectivity index (χ0) is 18.0. The van der Waals surface area contributed by atoms with Crippen molar-refractivity contribution in [3.05, 3.63) is 16.0 Å². The van der Waals surface area contributed by atoms with E-state index in [1.807, 2.05) is 4.90 Å². The van der Waals surface area contributed by atoms with Crippen LogP contribution in [0.15, 0.2) is 0 Å². The van der Waals surface area contributed by atoms with Crippen LogP contribution in [0.5, 0.6) is 0 Å². The van der Waals surface area contributed by atoms with E-state index in [1.54, 1.807) is 18.3 Å². The number of piperazine rings is 1. The number of thiophene rings is 1. The summed E-state index contributed by atoms with van der Waals surface area (Å²) in [5.74, 6) is 0.693. The van der Waals surface area contributed by atoms with Crippen LogP contribution in [-0.2, 0) is 22.4 Å². The Bertz CT molecular complexity index is 713. The highest BCUT2D eigenvalue weighted by Crippen LogP contribution is 2.39. The van der Waals surface area contributed by atoms with Crippen LogP contribution in [0.3, 0.4) is 0 Å². The first-order valence-electron chi connectivity index (χ1n) is 8.91. The molecule has 2 N–H and O–H groups in total. The van der Waals surface area contributed by atoms with Gasteiger partial charge < -0.3 is 15.1 Å². The summed E-state index contributed by atoms with van der Waals surface area (Å²) in [7, 11) is 0. The standard InChI is InChI=1S/C18H24N4O2S/c1-12-3-4-14-15(10-19)18(25-16(14)9-12)20-17(24)11-21-5-7-22(8-6-21)13(2)23/h12H,3-9,11H2,1-2H3,(H,20,24)/p+1/t12-/m0/s1. The lowest BCUT2D eigenvalue weighted by molar-refractivity contribution is -0.895. The van der Waals surface area contributed by atoms with Gasteiger partial charge in [-0.05, 0) is 30.7 Å². The number of carbonyl (C=O) groups is 2. The highest BCUT2D eigenvalue weighted by Gasteiger charge is 2.27. The molecule has 25 heavy (non-hydrogen) atoms. The molecule has 3 rings (SSSR count). The Morgan fingerprint density at radius 3 is 2.76 bits per heavy atom. The van der Waals surface area contributed by atoms with Crippen molar-refractivity contribution in [2.75, 3.05) is 38.0 Å². The summed E-state index contributed by atoms with van der Waals surface area (Å²) in [5, 5.41) is 13.2. The molecule has 0 unspecified atom stereocenters. The van der Waals surface area contributed by atoms with Crippen molar-refractivity contribution >= 4 is 28.2 Å². The van der Waals surface area contributed by atoms with E-state index in [2.05, 4.69) is 18.3 Å². The van der Waals surface area contributed by atoms with Crippen LogP contribution in [-0.4, -0.2) is 49.4 Å². The third kappa shape index (κ3) is 4.02. The zero-order valence-corrected chi connectivity index (χ0v) is 15.7. The first-order chi connectivity index (χ1) is 12.0. The maximum Gasteiger partial charge on any atom is 0.280 e. The van der Waals surface area contributed by atoms with Gasteiger partial charge in [0.2, 0.25) is 5.91 Å². The van der Waals surface area contributed by atoms with Gasteiger partial charge in [0.15, 0.2) is 6.54 Å². The van der Waals surface area contributed by atoms with Gasteiger partial charge in [-0.2, -0.15) is 5.26 Å². The second-order valence-electron chi connectivity index (χ2n) is 7.15. The van der Waals surface area contributed by atoms with E-state index in [9.17, 15) is 14.9 Å². The Balaban J connectivity index is 1.60. The monoisotopic (exact) mass is 361 g/mol. The zero-order valence-electron chi connectivity index (χ0n) is 14.9. The molecule has 2 amide bonds. The molecule has 1 aliphatic carbocycles. The number of carbonyl (C=O) groups excluding carboxylic acids is 2. The average Bonchev–Trinajstić information content (AvgIpc) is 2.90. The quantitative estimate of drug-likeness (QED) is 0.820. The second-order valence-corrected chi connectivity index (χ2v) is 8.25. The fraction of sp³-hybridized carbons (Fsp3) is 0.611. The minimum Gasteiger partial charge on any atom is -0.332 e. The number of hydrogen-bond acceptors (Lipinski definition) is 4. The lowest BCUT2D eigenvalue weighted by Gasteiger charge is -2.31. The molecule has 1 saturated heterocycles. The van der Waals surface area contributed by atoms with Crippen molar-refractivity contribution in [3.63, 3.8) is 0 Å². The van der Waals surface area contributed by atoms with E-state index in [0.717, 1.165) is 37.9 Å². The first-order valence-corrected chi connectivity index (χ1v) is 9.73. The van der Waals surface area contributed by atoms with E-state index in [1.165, 1.54) is 9.78 Å². The predicted molar refractivity (Wildman–Crippen MR) is 96.7 cm³/mol. The molecule has 0 saturated carbocycles. The van der Waals surface area contributed by atoms with Gasteiger partial charge in [-0.15, -0.1) is 11.3 Å². The van der Waals surface area contributed by atoms with Crippen molar-refractivity contribution in [2.24, 2.45) is 5.92 Å². The Hall–Kier alpha value is -1.91. The van der Waals surface area contributed by atoms with Gasteiger partial charge in [0.25, 0.3) is 5.91 Å². The minimum absolute atomic E-state index is 0.0468. The van der Waals surface area contributed by atoms with Gasteiger partial charge in [0, 0.05) is 11.8 Å². The van der Waals surface area contributed by atoms with Crippen LogP contribution in [0.1, 0.15) is 36.3 Å². The fourth-order valence-corrected chi connectivity index (χ4v) is 5.05. The molecular weight excluding hydrogens is 336 g/mol. The molecule has 0 bridgehead atoms. The number of amides is 2. The summed E-state index contributed by atoms with van der Waals surface area (Å²) in [6.07, 6.45) is 3.04. The van der Waals surface area contributed by atoms with Crippen LogP contribution >= 0.6 is 11.3 Å². The maximum atomic E-state index is 12.4. The molecule has 0 spiro atoms. The molecular formula is C18H25N4O2S+. The molecule has 2 aliphatic rings. The van der Waals surface area contributed by atoms with Gasteiger partial charge in [-0.1, -0.05) is 6.92 Å². The smallest absolute Gasteiger partial charge is 0.280 e. The molecule has 1 fully saturated rings. The highest BCUT2D eigenvalue weighted by atomic mass is 32.1. The molecule has 6 nitrogen and oxygen atoms in total. The van der Waals surface area contributed by atoms with Crippen LogP contribution in [0.2, 0.25) is 0 Å². The Kier molecular flexibility index (Phi) is 5.40. The number of fused-ring (bicyclic) bond motifs is 1. The second kappa shape index (κ2) is 7.54. The molecule has 134 valence electrons. The Morgan fingerprint density at radius 1 is 1.40 bits per heavy atom. The number of hydrogen-bond donors (Lipinski definition) is 2. The van der Waals surface area contributed by atoms with E-state index < -0.39 is 0 Å². The third-order valence-electron chi connectivity index (χ3n) is 5.20. The van der Waals surface area contributed by atoms with Gasteiger partial charge in [0.05, 0.1) is 31.7 Å². The van der Waals surface area contributed by atoms with Gasteiger partial charge in [0.1, 0.15) is 11.1 Å². The van der Waals surface area contributed by atoms with Crippen molar-refractivity contribution in [1.82, 2.24) is 4.90 Å². The van der Waals surface area contributed by atoms with Gasteiger partial charge in [-0.3, -0.25) is 9.59 Å². The molecule has 0 aromatic carbocycles. The average molecular weight is 361 g/mol. The van der Waals surface area contributed by atoms with Crippen LogP contribution in [0.25, 0.3) is 0 Å². The van der Waals surface area contributed by atoms with E-state index in [4.69, 9.17) is 0 Å². The number of nitrogens with one attached hydrogen (secondary N) is 2. The van der Waals surface area contributed by atoms with E-state index in [0.29, 0.717) is 36.1 Å². The first kappa shape index (κ1) is 17.9. The van der Waals surface area contributed by atoms with Crippen molar-refractivity contribution in [2.45, 2.75) is 33.1 Å². The van der Waals surface area contributed by atoms with E-state index >= 15 is 0 Å². The SMILES string of the molecule is CC(=O)N1CC[NH+](CC(=O)Nc2sc3c(c2C#N)CC[C@H](C)C3)CC1. The number of rotatable bonds is 3. The van der Waals surface area contributed by atoms with Crippen molar-refractivity contribution < 1.29 is 14.5 Å². The molecule has 1 aliphatic heterocycles. The maximum absolute atomic E-state index is 12.4. The summed E-state index contributed by atoms with van der Waals surface area (Å²) in [6.45, 7) is 7.18. The Labute approximate surface area is 152 Å². The third-order valence-corrected chi connectivity index (χ3v) is 6.37. The largest absolute Gasteiger partial charge is 0.332 e. The summed E-state index contributed by atoms with van der Waals surface area (Å²) >= 11 is 1.57. The van der Waals surface area contributed by atoms with Crippen LogP contribution in [0.4, 0.5) is 5.00 Å². The predicted octanol–water partition coefficient (Wildman–Crippen LogP) is 0.430. The van der Waals surface area contributed by atoms with E-state index in [-0.39, 0.29) is 11.8 Å².